The number of hydrogen-bond donors (Lipinski definition) is 0. The van der Waals surface area contributed by atoms with E-state index in [2.05, 4.69) is 25.3 Å². The number of rotatable bonds is 6. The molecular formula is C15H22FN. The minimum absolute atomic E-state index is 0.146. The van der Waals surface area contributed by atoms with E-state index in [9.17, 15) is 4.39 Å². The summed E-state index contributed by atoms with van der Waals surface area (Å²) < 4.78 is 14.0. The molecule has 0 bridgehead atoms. The van der Waals surface area contributed by atoms with Crippen molar-refractivity contribution in [3.63, 3.8) is 0 Å². The summed E-state index contributed by atoms with van der Waals surface area (Å²) in [5.41, 5.74) is 2.48. The summed E-state index contributed by atoms with van der Waals surface area (Å²) in [6, 6.07) is 5.39. The number of anilines is 1. The Morgan fingerprint density at radius 2 is 1.82 bits per heavy atom. The van der Waals surface area contributed by atoms with Crippen molar-refractivity contribution in [1.29, 1.82) is 0 Å². The zero-order valence-corrected chi connectivity index (χ0v) is 11.1. The second-order valence-corrected chi connectivity index (χ2v) is 4.43. The lowest BCUT2D eigenvalue weighted by atomic mass is 10.1. The molecule has 1 aromatic rings. The van der Waals surface area contributed by atoms with Gasteiger partial charge in [-0.25, -0.2) is 4.39 Å². The van der Waals surface area contributed by atoms with Gasteiger partial charge in [-0.1, -0.05) is 32.1 Å². The van der Waals surface area contributed by atoms with Crippen molar-refractivity contribution in [2.24, 2.45) is 0 Å². The smallest absolute Gasteiger partial charge is 0.147 e. The van der Waals surface area contributed by atoms with Crippen LogP contribution in [0.2, 0.25) is 0 Å². The van der Waals surface area contributed by atoms with Crippen LogP contribution in [-0.4, -0.2) is 13.1 Å². The number of nitrogens with zero attached hydrogens (tertiary/aromatic N) is 1. The van der Waals surface area contributed by atoms with Gasteiger partial charge in [-0.15, -0.1) is 0 Å². The van der Waals surface area contributed by atoms with Crippen LogP contribution >= 0.6 is 0 Å². The molecule has 0 saturated carbocycles. The fourth-order valence-corrected chi connectivity index (χ4v) is 1.92. The summed E-state index contributed by atoms with van der Waals surface area (Å²) in [7, 11) is 0. The Kier molecular flexibility index (Phi) is 5.20. The normalized spacial score (nSPS) is 10.4. The standard InChI is InChI=1S/C15H22FN/c1-5-9-17(10-6-2)15-8-7-13(12(3)4)11-14(15)16/h7-8,11H,3,5-6,9-10H2,1-2,4H3. The van der Waals surface area contributed by atoms with Crippen molar-refractivity contribution < 1.29 is 4.39 Å². The van der Waals surface area contributed by atoms with Gasteiger partial charge in [0.25, 0.3) is 0 Å². The van der Waals surface area contributed by atoms with Gasteiger partial charge in [0.2, 0.25) is 0 Å². The van der Waals surface area contributed by atoms with Crippen molar-refractivity contribution >= 4 is 11.3 Å². The molecule has 94 valence electrons. The lowest BCUT2D eigenvalue weighted by Crippen LogP contribution is -2.25. The molecule has 0 N–H and O–H groups in total. The van der Waals surface area contributed by atoms with Gasteiger partial charge in [-0.3, -0.25) is 0 Å². The van der Waals surface area contributed by atoms with E-state index in [0.29, 0.717) is 5.69 Å². The third kappa shape index (κ3) is 3.58. The molecule has 0 spiro atoms. The first-order valence-electron chi connectivity index (χ1n) is 6.30. The maximum absolute atomic E-state index is 14.0. The van der Waals surface area contributed by atoms with Crippen LogP contribution in [0.25, 0.3) is 5.57 Å². The summed E-state index contributed by atoms with van der Waals surface area (Å²) in [5, 5.41) is 0. The molecule has 0 radical (unpaired) electrons. The lowest BCUT2D eigenvalue weighted by Gasteiger charge is -2.24. The molecule has 0 unspecified atom stereocenters. The Labute approximate surface area is 104 Å². The highest BCUT2D eigenvalue weighted by Gasteiger charge is 2.10. The summed E-state index contributed by atoms with van der Waals surface area (Å²) >= 11 is 0. The van der Waals surface area contributed by atoms with Crippen molar-refractivity contribution in [1.82, 2.24) is 0 Å². The molecule has 0 fully saturated rings. The number of benzene rings is 1. The molecule has 0 aliphatic rings. The van der Waals surface area contributed by atoms with Gasteiger partial charge < -0.3 is 4.90 Å². The fraction of sp³-hybridized carbons (Fsp3) is 0.467. The number of allylic oxidation sites excluding steroid dienone is 1. The maximum Gasteiger partial charge on any atom is 0.147 e. The molecule has 0 amide bonds. The predicted molar refractivity (Wildman–Crippen MR) is 73.9 cm³/mol. The number of hydrogen-bond acceptors (Lipinski definition) is 1. The Bertz CT molecular complexity index is 379. The third-order valence-electron chi connectivity index (χ3n) is 2.77. The largest absolute Gasteiger partial charge is 0.369 e. The van der Waals surface area contributed by atoms with E-state index in [-0.39, 0.29) is 5.82 Å². The molecule has 1 rings (SSSR count). The molecular weight excluding hydrogens is 213 g/mol. The Balaban J connectivity index is 2.99. The lowest BCUT2D eigenvalue weighted by molar-refractivity contribution is 0.613. The Hall–Kier alpha value is -1.31. The van der Waals surface area contributed by atoms with E-state index < -0.39 is 0 Å². The SMILES string of the molecule is C=C(C)c1ccc(N(CCC)CCC)c(F)c1. The zero-order valence-electron chi connectivity index (χ0n) is 11.1. The summed E-state index contributed by atoms with van der Waals surface area (Å²) in [4.78, 5) is 2.11. The maximum atomic E-state index is 14.0. The third-order valence-corrected chi connectivity index (χ3v) is 2.77. The molecule has 1 nitrogen and oxygen atoms in total. The fourth-order valence-electron chi connectivity index (χ4n) is 1.92. The molecule has 0 aliphatic heterocycles. The average Bonchev–Trinajstić information content (AvgIpc) is 2.28. The molecule has 1 aromatic carbocycles. The molecule has 17 heavy (non-hydrogen) atoms. The van der Waals surface area contributed by atoms with Crippen LogP contribution in [0.4, 0.5) is 10.1 Å². The van der Waals surface area contributed by atoms with Crippen LogP contribution in [0.15, 0.2) is 24.8 Å². The molecule has 0 saturated heterocycles. The van der Waals surface area contributed by atoms with Gasteiger partial charge in [0.15, 0.2) is 0 Å². The van der Waals surface area contributed by atoms with Gasteiger partial charge in [0, 0.05) is 13.1 Å². The minimum atomic E-state index is -0.146. The highest BCUT2D eigenvalue weighted by atomic mass is 19.1. The van der Waals surface area contributed by atoms with Crippen molar-refractivity contribution in [2.45, 2.75) is 33.6 Å². The first kappa shape index (κ1) is 13.8. The summed E-state index contributed by atoms with van der Waals surface area (Å²) in [5.74, 6) is -0.146. The predicted octanol–water partition coefficient (Wildman–Crippen LogP) is 4.49. The topological polar surface area (TPSA) is 3.24 Å². The minimum Gasteiger partial charge on any atom is -0.369 e. The Morgan fingerprint density at radius 3 is 2.24 bits per heavy atom. The molecule has 0 atom stereocenters. The highest BCUT2D eigenvalue weighted by Crippen LogP contribution is 2.23. The second-order valence-electron chi connectivity index (χ2n) is 4.43. The average molecular weight is 235 g/mol. The zero-order chi connectivity index (χ0) is 12.8. The second kappa shape index (κ2) is 6.43. The molecule has 0 heterocycles. The van der Waals surface area contributed by atoms with E-state index in [0.717, 1.165) is 37.1 Å². The first-order chi connectivity index (χ1) is 8.10. The van der Waals surface area contributed by atoms with Crippen LogP contribution in [0.3, 0.4) is 0 Å². The van der Waals surface area contributed by atoms with Gasteiger partial charge in [-0.05, 0) is 37.5 Å². The van der Waals surface area contributed by atoms with Gasteiger partial charge in [0.05, 0.1) is 5.69 Å². The molecule has 0 aliphatic carbocycles. The molecule has 2 heteroatoms. The van der Waals surface area contributed by atoms with E-state index in [1.165, 1.54) is 0 Å². The van der Waals surface area contributed by atoms with Crippen LogP contribution in [-0.2, 0) is 0 Å². The summed E-state index contributed by atoms with van der Waals surface area (Å²) in [6.45, 7) is 11.8. The Morgan fingerprint density at radius 1 is 1.24 bits per heavy atom. The van der Waals surface area contributed by atoms with Crippen molar-refractivity contribution in [3.05, 3.63) is 36.2 Å². The van der Waals surface area contributed by atoms with E-state index in [1.54, 1.807) is 6.07 Å². The van der Waals surface area contributed by atoms with E-state index >= 15 is 0 Å². The van der Waals surface area contributed by atoms with Gasteiger partial charge in [-0.2, -0.15) is 0 Å². The van der Waals surface area contributed by atoms with Crippen molar-refractivity contribution in [2.75, 3.05) is 18.0 Å². The van der Waals surface area contributed by atoms with Crippen LogP contribution in [0.5, 0.6) is 0 Å². The van der Waals surface area contributed by atoms with Crippen LogP contribution in [0, 0.1) is 5.82 Å². The van der Waals surface area contributed by atoms with E-state index in [1.807, 2.05) is 19.1 Å². The number of halogens is 1. The first-order valence-corrected chi connectivity index (χ1v) is 6.30. The van der Waals surface area contributed by atoms with Crippen molar-refractivity contribution in [3.8, 4) is 0 Å². The van der Waals surface area contributed by atoms with Crippen LogP contribution < -0.4 is 4.90 Å². The van der Waals surface area contributed by atoms with E-state index in [4.69, 9.17) is 0 Å². The monoisotopic (exact) mass is 235 g/mol. The molecule has 0 aromatic heterocycles. The van der Waals surface area contributed by atoms with Crippen LogP contribution in [0.1, 0.15) is 39.2 Å². The van der Waals surface area contributed by atoms with Gasteiger partial charge >= 0.3 is 0 Å². The summed E-state index contributed by atoms with van der Waals surface area (Å²) in [6.07, 6.45) is 2.06. The highest BCUT2D eigenvalue weighted by molar-refractivity contribution is 5.64. The quantitative estimate of drug-likeness (QED) is 0.702. The van der Waals surface area contributed by atoms with Gasteiger partial charge in [0.1, 0.15) is 5.82 Å².